The van der Waals surface area contributed by atoms with E-state index in [0.717, 1.165) is 29.5 Å². The number of hydrogen-bond donors (Lipinski definition) is 2. The Labute approximate surface area is 180 Å². The lowest BCUT2D eigenvalue weighted by Gasteiger charge is -2.31. The molecule has 2 aromatic heterocycles. The zero-order chi connectivity index (χ0) is 19.5. The van der Waals surface area contributed by atoms with Crippen LogP contribution < -0.4 is 10.4 Å². The van der Waals surface area contributed by atoms with E-state index >= 15 is 0 Å². The maximum atomic E-state index is 12.4. The van der Waals surface area contributed by atoms with E-state index in [1.807, 2.05) is 36.2 Å². The Bertz CT molecular complexity index is 1040. The van der Waals surface area contributed by atoms with Crippen molar-refractivity contribution in [2.45, 2.75) is 51.0 Å². The van der Waals surface area contributed by atoms with Crippen LogP contribution >= 0.6 is 12.4 Å². The van der Waals surface area contributed by atoms with E-state index in [4.69, 9.17) is 4.74 Å². The minimum Gasteiger partial charge on any atom is -0.494 e. The zero-order valence-electron chi connectivity index (χ0n) is 17.1. The van der Waals surface area contributed by atoms with Crippen LogP contribution in [0.15, 0.2) is 29.1 Å². The molecule has 0 bridgehead atoms. The summed E-state index contributed by atoms with van der Waals surface area (Å²) in [5.41, 5.74) is 1.74. The fourth-order valence-electron chi connectivity index (χ4n) is 3.96. The third kappa shape index (κ3) is 5.31. The van der Waals surface area contributed by atoms with Crippen molar-refractivity contribution < 1.29 is 15.0 Å². The summed E-state index contributed by atoms with van der Waals surface area (Å²) in [7, 11) is 1.93. The Morgan fingerprint density at radius 2 is 1.97 bits per heavy atom. The number of hydrogen-bond acceptors (Lipinski definition) is 4. The first-order valence-electron chi connectivity index (χ1n) is 10.0. The Hall–Kier alpha value is -2.58. The average molecular weight is 437 g/mol. The maximum Gasteiger partial charge on any atom is 0.325 e. The highest BCUT2D eigenvalue weighted by molar-refractivity contribution is 5.90. The van der Waals surface area contributed by atoms with Crippen LogP contribution in [0.25, 0.3) is 22.1 Å². The van der Waals surface area contributed by atoms with E-state index in [2.05, 4.69) is 15.0 Å². The third-order valence-corrected chi connectivity index (χ3v) is 5.59. The predicted octanol–water partition coefficient (Wildman–Crippen LogP) is 2.95. The number of ether oxygens (including phenoxy) is 1. The van der Waals surface area contributed by atoms with Gasteiger partial charge in [-0.3, -0.25) is 9.78 Å². The number of fused-ring (bicyclic) bond motifs is 2. The number of amides is 1. The van der Waals surface area contributed by atoms with Crippen LogP contribution in [0.5, 0.6) is 5.75 Å². The summed E-state index contributed by atoms with van der Waals surface area (Å²) in [6.45, 7) is 0.492. The number of nitrogens with one attached hydrogen (secondary N) is 2. The molecule has 0 aliphatic heterocycles. The number of halogens is 1. The van der Waals surface area contributed by atoms with Gasteiger partial charge in [-0.05, 0) is 43.5 Å². The summed E-state index contributed by atoms with van der Waals surface area (Å²) in [5, 5.41) is 0.897. The van der Waals surface area contributed by atoms with Crippen molar-refractivity contribution in [1.82, 2.24) is 19.9 Å². The highest BCUT2D eigenvalue weighted by atomic mass is 35.5. The number of aromatic nitrogens is 3. The molecule has 0 atom stereocenters. The van der Waals surface area contributed by atoms with Gasteiger partial charge >= 0.3 is 5.69 Å². The number of imidazole rings is 1. The molecule has 0 spiro atoms. The Balaban J connectivity index is 0.00000160. The normalized spacial score (nSPS) is 14.2. The largest absolute Gasteiger partial charge is 0.494 e. The van der Waals surface area contributed by atoms with Crippen molar-refractivity contribution in [3.05, 3.63) is 34.7 Å². The lowest BCUT2D eigenvalue weighted by atomic mass is 9.94. The van der Waals surface area contributed by atoms with Crippen molar-refractivity contribution in [2.75, 3.05) is 13.7 Å². The molecule has 0 unspecified atom stereocenters. The van der Waals surface area contributed by atoms with Crippen LogP contribution in [0.2, 0.25) is 0 Å². The second-order valence-corrected chi connectivity index (χ2v) is 7.57. The summed E-state index contributed by atoms with van der Waals surface area (Å²) < 4.78 is 5.83. The van der Waals surface area contributed by atoms with Gasteiger partial charge in [0.25, 0.3) is 0 Å². The van der Waals surface area contributed by atoms with Gasteiger partial charge in [-0.25, -0.2) is 9.78 Å². The summed E-state index contributed by atoms with van der Waals surface area (Å²) in [5.74, 6) is 0.941. The molecule has 1 aliphatic rings. The molecule has 0 radical (unpaired) electrons. The van der Waals surface area contributed by atoms with Crippen molar-refractivity contribution in [1.29, 1.82) is 0 Å². The fraction of sp³-hybridized carbons (Fsp3) is 0.476. The molecule has 1 fully saturated rings. The molecule has 1 aromatic carbocycles. The quantitative estimate of drug-likeness (QED) is 0.576. The van der Waals surface area contributed by atoms with Crippen molar-refractivity contribution in [3.8, 4) is 5.75 Å². The molecule has 0 saturated heterocycles. The molecule has 3 aromatic rings. The first-order chi connectivity index (χ1) is 13.6. The van der Waals surface area contributed by atoms with Gasteiger partial charge in [0.15, 0.2) is 5.65 Å². The van der Waals surface area contributed by atoms with Gasteiger partial charge < -0.3 is 20.1 Å². The monoisotopic (exact) mass is 436 g/mol. The van der Waals surface area contributed by atoms with Gasteiger partial charge in [-0.1, -0.05) is 19.3 Å². The van der Waals surface area contributed by atoms with E-state index < -0.39 is 0 Å². The lowest BCUT2D eigenvalue weighted by molar-refractivity contribution is -0.132. The van der Waals surface area contributed by atoms with E-state index in [1.165, 1.54) is 19.3 Å². The summed E-state index contributed by atoms with van der Waals surface area (Å²) in [4.78, 5) is 35.5. The van der Waals surface area contributed by atoms with Crippen LogP contribution in [0, 0.1) is 0 Å². The Morgan fingerprint density at radius 3 is 2.73 bits per heavy atom. The smallest absolute Gasteiger partial charge is 0.325 e. The van der Waals surface area contributed by atoms with E-state index in [9.17, 15) is 9.59 Å². The fourth-order valence-corrected chi connectivity index (χ4v) is 3.96. The highest BCUT2D eigenvalue weighted by Crippen LogP contribution is 2.23. The molecule has 1 amide bonds. The van der Waals surface area contributed by atoms with Gasteiger partial charge in [0.1, 0.15) is 5.75 Å². The number of pyridine rings is 1. The number of aromatic amines is 2. The standard InChI is InChI=1S/C21H26N4O3.ClH.H2O/c1-25(15-6-3-2-4-7-15)19(26)8-5-11-28-16-9-10-17-14(12-16)13-18-20(22-17)24-21(27)23-18;;/h9-10,12-13,15H,2-8,11H2,1H3,(H2,22,23,24,27);1H;1H2. The van der Waals surface area contributed by atoms with Gasteiger partial charge in [0.05, 0.1) is 17.6 Å². The first kappa shape index (κ1) is 23.7. The minimum atomic E-state index is -0.267. The minimum absolute atomic E-state index is 0. The van der Waals surface area contributed by atoms with E-state index in [-0.39, 0.29) is 29.5 Å². The number of nitrogens with zero attached hydrogens (tertiary/aromatic N) is 2. The molecule has 1 saturated carbocycles. The maximum absolute atomic E-state index is 12.4. The second kappa shape index (κ2) is 10.4. The molecule has 9 heteroatoms. The molecule has 164 valence electrons. The molecule has 8 nitrogen and oxygen atoms in total. The molecule has 4 rings (SSSR count). The first-order valence-corrected chi connectivity index (χ1v) is 10.0. The molecule has 1 aliphatic carbocycles. The van der Waals surface area contributed by atoms with Gasteiger partial charge in [-0.2, -0.15) is 0 Å². The number of benzene rings is 1. The second-order valence-electron chi connectivity index (χ2n) is 7.57. The van der Waals surface area contributed by atoms with Crippen LogP contribution in [0.3, 0.4) is 0 Å². The van der Waals surface area contributed by atoms with Crippen molar-refractivity contribution >= 4 is 40.4 Å². The third-order valence-electron chi connectivity index (χ3n) is 5.59. The Morgan fingerprint density at radius 1 is 1.20 bits per heavy atom. The number of H-pyrrole nitrogens is 2. The van der Waals surface area contributed by atoms with Crippen molar-refractivity contribution in [2.24, 2.45) is 0 Å². The topological polar surface area (TPSA) is 123 Å². The average Bonchev–Trinajstić information content (AvgIpc) is 3.08. The summed E-state index contributed by atoms with van der Waals surface area (Å²) in [6, 6.07) is 7.93. The van der Waals surface area contributed by atoms with Gasteiger partial charge in [-0.15, -0.1) is 12.4 Å². The molecular weight excluding hydrogens is 408 g/mol. The van der Waals surface area contributed by atoms with E-state index in [0.29, 0.717) is 36.7 Å². The summed E-state index contributed by atoms with van der Waals surface area (Å²) >= 11 is 0. The van der Waals surface area contributed by atoms with E-state index in [1.54, 1.807) is 0 Å². The van der Waals surface area contributed by atoms with Crippen LogP contribution in [0.1, 0.15) is 44.9 Å². The predicted molar refractivity (Wildman–Crippen MR) is 119 cm³/mol. The van der Waals surface area contributed by atoms with Gasteiger partial charge in [0.2, 0.25) is 5.91 Å². The SMILES string of the molecule is CN(C(=O)CCCOc1ccc2nc3[nH]c(=O)[nH]c3cc2c1)C1CCCCC1.Cl.O. The molecule has 4 N–H and O–H groups in total. The summed E-state index contributed by atoms with van der Waals surface area (Å²) in [6.07, 6.45) is 7.20. The van der Waals surface area contributed by atoms with Crippen molar-refractivity contribution in [3.63, 3.8) is 0 Å². The van der Waals surface area contributed by atoms with Gasteiger partial charge in [0, 0.05) is 24.9 Å². The molecule has 2 heterocycles. The number of carbonyl (C=O) groups excluding carboxylic acids is 1. The Kier molecular flexibility index (Phi) is 8.25. The number of carbonyl (C=O) groups is 1. The van der Waals surface area contributed by atoms with Crippen LogP contribution in [-0.4, -0.2) is 50.9 Å². The lowest BCUT2D eigenvalue weighted by Crippen LogP contribution is -2.38. The highest BCUT2D eigenvalue weighted by Gasteiger charge is 2.21. The van der Waals surface area contributed by atoms with Crippen LogP contribution in [0.4, 0.5) is 0 Å². The van der Waals surface area contributed by atoms with Crippen LogP contribution in [-0.2, 0) is 4.79 Å². The molecular formula is C21H29ClN4O4. The molecule has 30 heavy (non-hydrogen) atoms. The number of rotatable bonds is 6. The zero-order valence-corrected chi connectivity index (χ0v) is 17.9.